The van der Waals surface area contributed by atoms with E-state index in [1.165, 1.54) is 27.8 Å². The van der Waals surface area contributed by atoms with Crippen LogP contribution in [0, 0.1) is 0 Å². The summed E-state index contributed by atoms with van der Waals surface area (Å²) in [6.45, 7) is 5.58. The molecule has 0 spiro atoms. The van der Waals surface area contributed by atoms with E-state index in [9.17, 15) is 4.79 Å². The fraction of sp³-hybridized carbons (Fsp3) is 0.357. The van der Waals surface area contributed by atoms with Gasteiger partial charge < -0.3 is 9.47 Å². The van der Waals surface area contributed by atoms with Crippen LogP contribution in [0.5, 0.6) is 0 Å². The van der Waals surface area contributed by atoms with Crippen LogP contribution in [0.25, 0.3) is 16.7 Å². The molecule has 0 N–H and O–H groups in total. The number of carbonyl (C=O) groups is 1. The van der Waals surface area contributed by atoms with E-state index in [2.05, 4.69) is 79.7 Å². The highest BCUT2D eigenvalue weighted by Crippen LogP contribution is 2.44. The van der Waals surface area contributed by atoms with Gasteiger partial charge in [-0.05, 0) is 48.1 Å². The maximum absolute atomic E-state index is 13.3. The first kappa shape index (κ1) is 21.2. The second-order valence-electron chi connectivity index (χ2n) is 9.67. The number of fused-ring (bicyclic) bond motifs is 5. The van der Waals surface area contributed by atoms with Crippen molar-refractivity contribution in [2.75, 3.05) is 19.8 Å². The van der Waals surface area contributed by atoms with E-state index >= 15 is 0 Å². The van der Waals surface area contributed by atoms with E-state index in [4.69, 9.17) is 9.47 Å². The van der Waals surface area contributed by atoms with Crippen LogP contribution in [0.3, 0.4) is 0 Å². The van der Waals surface area contributed by atoms with E-state index in [0.29, 0.717) is 25.9 Å². The third-order valence-electron chi connectivity index (χ3n) is 7.25. The normalized spacial score (nSPS) is 21.3. The minimum atomic E-state index is -0.256. The van der Waals surface area contributed by atoms with E-state index in [1.54, 1.807) is 0 Å². The molecule has 3 aromatic rings. The number of ether oxygens (including phenoxy) is 2. The fourth-order valence-corrected chi connectivity index (χ4v) is 5.55. The van der Waals surface area contributed by atoms with E-state index < -0.39 is 0 Å². The second kappa shape index (κ2) is 8.44. The number of aromatic nitrogens is 2. The number of morpholine rings is 1. The molecule has 2 atom stereocenters. The Morgan fingerprint density at radius 2 is 1.79 bits per heavy atom. The topological polar surface area (TPSA) is 56.6 Å². The van der Waals surface area contributed by atoms with Gasteiger partial charge in [0.1, 0.15) is 6.61 Å². The molecular weight excluding hydrogens is 426 g/mol. The van der Waals surface area contributed by atoms with Crippen molar-refractivity contribution in [2.24, 2.45) is 0 Å². The van der Waals surface area contributed by atoms with Crippen molar-refractivity contribution in [3.05, 3.63) is 83.7 Å². The van der Waals surface area contributed by atoms with Crippen LogP contribution in [0.1, 0.15) is 48.9 Å². The van der Waals surface area contributed by atoms with Gasteiger partial charge in [0.25, 0.3) is 0 Å². The molecule has 174 valence electrons. The molecule has 1 aromatic heterocycles. The second-order valence-corrected chi connectivity index (χ2v) is 9.67. The molecule has 0 radical (unpaired) electrons. The standard InChI is InChI=1S/C28H29N3O3/c1-18(2)30-14-20(13-29-30)19-11-21-15-33-16-22(12-19)31(21)28(32)34-17-27-25-9-5-3-7-23(25)24-8-4-6-10-26(24)27/h3-11,13-14,18,21-22,27H,12,15-17H2,1-2H3. The van der Waals surface area contributed by atoms with Gasteiger partial charge >= 0.3 is 6.09 Å². The maximum atomic E-state index is 13.3. The number of rotatable bonds is 4. The minimum absolute atomic E-state index is 0.0307. The first-order valence-electron chi connectivity index (χ1n) is 12.1. The SMILES string of the molecule is CC(C)n1cc(C2=CC3COCC(C2)N3C(=O)OCC2c3ccccc3-c3ccccc32)cn1. The molecule has 1 fully saturated rings. The van der Waals surface area contributed by atoms with Crippen LogP contribution < -0.4 is 0 Å². The van der Waals surface area contributed by atoms with Crippen LogP contribution in [0.15, 0.2) is 67.0 Å². The van der Waals surface area contributed by atoms with Gasteiger partial charge in [-0.15, -0.1) is 0 Å². The molecule has 1 amide bonds. The predicted octanol–water partition coefficient (Wildman–Crippen LogP) is 5.27. The minimum Gasteiger partial charge on any atom is -0.448 e. The van der Waals surface area contributed by atoms with Crippen molar-refractivity contribution in [3.8, 4) is 11.1 Å². The molecule has 6 rings (SSSR count). The molecule has 1 saturated heterocycles. The van der Waals surface area contributed by atoms with Gasteiger partial charge in [-0.3, -0.25) is 9.58 Å². The van der Waals surface area contributed by atoms with Crippen molar-refractivity contribution in [1.82, 2.24) is 14.7 Å². The number of carbonyl (C=O) groups excluding carboxylic acids is 1. The Morgan fingerprint density at radius 3 is 2.44 bits per heavy atom. The van der Waals surface area contributed by atoms with Crippen molar-refractivity contribution < 1.29 is 14.3 Å². The monoisotopic (exact) mass is 455 g/mol. The number of hydrogen-bond donors (Lipinski definition) is 0. The van der Waals surface area contributed by atoms with Gasteiger partial charge in [0.2, 0.25) is 0 Å². The van der Waals surface area contributed by atoms with Crippen LogP contribution in [0.2, 0.25) is 0 Å². The zero-order valence-corrected chi connectivity index (χ0v) is 19.6. The smallest absolute Gasteiger partial charge is 0.410 e. The molecule has 0 saturated carbocycles. The number of hydrogen-bond acceptors (Lipinski definition) is 4. The summed E-state index contributed by atoms with van der Waals surface area (Å²) in [6, 6.07) is 17.0. The van der Waals surface area contributed by atoms with Crippen LogP contribution in [-0.4, -0.2) is 52.7 Å². The molecule has 2 aliphatic heterocycles. The molecule has 2 unspecified atom stereocenters. The Labute approximate surface area is 199 Å². The lowest BCUT2D eigenvalue weighted by molar-refractivity contribution is -0.0331. The highest BCUT2D eigenvalue weighted by molar-refractivity contribution is 5.79. The highest BCUT2D eigenvalue weighted by Gasteiger charge is 2.40. The fourth-order valence-electron chi connectivity index (χ4n) is 5.55. The maximum Gasteiger partial charge on any atom is 0.410 e. The molecule has 1 aliphatic carbocycles. The average molecular weight is 456 g/mol. The zero-order chi connectivity index (χ0) is 23.2. The van der Waals surface area contributed by atoms with Crippen LogP contribution >= 0.6 is 0 Å². The first-order chi connectivity index (χ1) is 16.6. The van der Waals surface area contributed by atoms with Crippen molar-refractivity contribution in [2.45, 2.75) is 44.3 Å². The van der Waals surface area contributed by atoms with Gasteiger partial charge in [0, 0.05) is 23.7 Å². The van der Waals surface area contributed by atoms with E-state index in [1.807, 2.05) is 15.8 Å². The van der Waals surface area contributed by atoms with Gasteiger partial charge in [0.15, 0.2) is 0 Å². The largest absolute Gasteiger partial charge is 0.448 e. The lowest BCUT2D eigenvalue weighted by Gasteiger charge is -2.43. The summed E-state index contributed by atoms with van der Waals surface area (Å²) in [5.74, 6) is 0.0604. The Kier molecular flexibility index (Phi) is 5.26. The summed E-state index contributed by atoms with van der Waals surface area (Å²) in [7, 11) is 0. The zero-order valence-electron chi connectivity index (χ0n) is 19.6. The van der Waals surface area contributed by atoms with Crippen LogP contribution in [-0.2, 0) is 9.47 Å². The summed E-state index contributed by atoms with van der Waals surface area (Å²) < 4.78 is 13.8. The third-order valence-corrected chi connectivity index (χ3v) is 7.25. The van der Waals surface area contributed by atoms with Crippen molar-refractivity contribution in [3.63, 3.8) is 0 Å². The molecule has 6 heteroatoms. The van der Waals surface area contributed by atoms with Gasteiger partial charge in [-0.25, -0.2) is 4.79 Å². The Bertz CT molecular complexity index is 1220. The van der Waals surface area contributed by atoms with Gasteiger partial charge in [-0.2, -0.15) is 5.10 Å². The summed E-state index contributed by atoms with van der Waals surface area (Å²) in [5, 5.41) is 4.49. The lowest BCUT2D eigenvalue weighted by atomic mass is 9.91. The summed E-state index contributed by atoms with van der Waals surface area (Å²) in [6.07, 6.45) is 6.65. The summed E-state index contributed by atoms with van der Waals surface area (Å²) >= 11 is 0. The van der Waals surface area contributed by atoms with Crippen LogP contribution in [0.4, 0.5) is 4.79 Å². The molecule has 6 nitrogen and oxygen atoms in total. The molecular formula is C28H29N3O3. The number of benzene rings is 2. The number of amides is 1. The first-order valence-corrected chi connectivity index (χ1v) is 12.1. The molecule has 2 aromatic carbocycles. The molecule has 3 heterocycles. The van der Waals surface area contributed by atoms with Crippen molar-refractivity contribution in [1.29, 1.82) is 0 Å². The van der Waals surface area contributed by atoms with E-state index in [0.717, 1.165) is 12.0 Å². The van der Waals surface area contributed by atoms with Crippen molar-refractivity contribution >= 4 is 11.7 Å². The predicted molar refractivity (Wildman–Crippen MR) is 131 cm³/mol. The molecule has 34 heavy (non-hydrogen) atoms. The Morgan fingerprint density at radius 1 is 1.09 bits per heavy atom. The Hall–Kier alpha value is -3.38. The highest BCUT2D eigenvalue weighted by atomic mass is 16.6. The molecule has 2 bridgehead atoms. The number of nitrogens with zero attached hydrogens (tertiary/aromatic N) is 3. The summed E-state index contributed by atoms with van der Waals surface area (Å²) in [5.41, 5.74) is 7.27. The average Bonchev–Trinajstić information content (AvgIpc) is 3.46. The summed E-state index contributed by atoms with van der Waals surface area (Å²) in [4.78, 5) is 15.2. The van der Waals surface area contributed by atoms with E-state index in [-0.39, 0.29) is 24.1 Å². The van der Waals surface area contributed by atoms with Gasteiger partial charge in [0.05, 0.1) is 31.5 Å². The lowest BCUT2D eigenvalue weighted by Crippen LogP contribution is -2.56. The Balaban J connectivity index is 1.21. The third kappa shape index (κ3) is 3.53. The van der Waals surface area contributed by atoms with Gasteiger partial charge in [-0.1, -0.05) is 54.6 Å². The molecule has 3 aliphatic rings. The quantitative estimate of drug-likeness (QED) is 0.538.